The fraction of sp³-hybridized carbons (Fsp3) is 0.538. The minimum atomic E-state index is 0.757. The zero-order valence-electron chi connectivity index (χ0n) is 9.11. The van der Waals surface area contributed by atoms with Crippen molar-refractivity contribution >= 4 is 11.9 Å². The summed E-state index contributed by atoms with van der Waals surface area (Å²) >= 11 is 1.86. The molecule has 0 heterocycles. The van der Waals surface area contributed by atoms with E-state index in [0.717, 1.165) is 11.8 Å². The molecule has 1 saturated carbocycles. The maximum atomic E-state index is 3.59. The van der Waals surface area contributed by atoms with Crippen LogP contribution in [0.1, 0.15) is 37.7 Å². The quantitative estimate of drug-likeness (QED) is 0.777. The third-order valence-electron chi connectivity index (χ3n) is 2.94. The van der Waals surface area contributed by atoms with E-state index in [1.54, 1.807) is 0 Å². The Balaban J connectivity index is 1.66. The van der Waals surface area contributed by atoms with Crippen LogP contribution in [0.2, 0.25) is 0 Å². The largest absolute Gasteiger partial charge is 0.261 e. The summed E-state index contributed by atoms with van der Waals surface area (Å²) in [6, 6.07) is 11.4. The highest BCUT2D eigenvalue weighted by Gasteiger charge is 2.12. The van der Waals surface area contributed by atoms with Gasteiger partial charge >= 0.3 is 0 Å². The highest BCUT2D eigenvalue weighted by molar-refractivity contribution is 7.96. The van der Waals surface area contributed by atoms with E-state index in [1.165, 1.54) is 37.7 Å². The average Bonchev–Trinajstić information content (AvgIpc) is 2.32. The molecule has 0 radical (unpaired) electrons. The molecule has 1 N–H and O–H groups in total. The molecule has 2 heteroatoms. The zero-order valence-corrected chi connectivity index (χ0v) is 9.93. The second-order valence-corrected chi connectivity index (χ2v) is 5.04. The predicted molar refractivity (Wildman–Crippen MR) is 67.7 cm³/mol. The minimum absolute atomic E-state index is 0.757. The molecule has 0 amide bonds. The Kier molecular flexibility index (Phi) is 4.55. The van der Waals surface area contributed by atoms with Crippen LogP contribution < -0.4 is 4.72 Å². The van der Waals surface area contributed by atoms with Crippen molar-refractivity contribution < 1.29 is 0 Å². The second kappa shape index (κ2) is 6.19. The summed E-state index contributed by atoms with van der Waals surface area (Å²) in [6.07, 6.45) is 6.97. The van der Waals surface area contributed by atoms with E-state index in [4.69, 9.17) is 0 Å². The first-order valence-corrected chi connectivity index (χ1v) is 6.85. The van der Waals surface area contributed by atoms with Gasteiger partial charge in [0.25, 0.3) is 0 Å². The van der Waals surface area contributed by atoms with Gasteiger partial charge in [0.1, 0.15) is 0 Å². The molecule has 1 aliphatic rings. The molecule has 82 valence electrons. The smallest absolute Gasteiger partial charge is 0.0330 e. The van der Waals surface area contributed by atoms with E-state index in [2.05, 4.69) is 35.1 Å². The Morgan fingerprint density at radius 3 is 2.53 bits per heavy atom. The SMILES string of the molecule is c1ccc(CSNC2CCCCC2)cc1. The van der Waals surface area contributed by atoms with Crippen LogP contribution in [0.5, 0.6) is 0 Å². The molecule has 1 aliphatic carbocycles. The van der Waals surface area contributed by atoms with E-state index < -0.39 is 0 Å². The number of hydrogen-bond donors (Lipinski definition) is 1. The summed E-state index contributed by atoms with van der Waals surface area (Å²) in [6.45, 7) is 0. The van der Waals surface area contributed by atoms with Crippen molar-refractivity contribution in [1.82, 2.24) is 4.72 Å². The molecule has 0 spiro atoms. The third-order valence-corrected chi connectivity index (χ3v) is 3.91. The molecule has 0 saturated heterocycles. The lowest BCUT2D eigenvalue weighted by atomic mass is 9.96. The van der Waals surface area contributed by atoms with Crippen molar-refractivity contribution in [3.8, 4) is 0 Å². The summed E-state index contributed by atoms with van der Waals surface area (Å²) < 4.78 is 3.59. The fourth-order valence-corrected chi connectivity index (χ4v) is 2.95. The third kappa shape index (κ3) is 3.88. The summed E-state index contributed by atoms with van der Waals surface area (Å²) in [4.78, 5) is 0. The van der Waals surface area contributed by atoms with E-state index in [-0.39, 0.29) is 0 Å². The van der Waals surface area contributed by atoms with Gasteiger partial charge in [-0.1, -0.05) is 61.5 Å². The summed E-state index contributed by atoms with van der Waals surface area (Å²) in [5.74, 6) is 1.08. The topological polar surface area (TPSA) is 12.0 Å². The van der Waals surface area contributed by atoms with Gasteiger partial charge in [-0.05, 0) is 18.4 Å². The van der Waals surface area contributed by atoms with Crippen LogP contribution >= 0.6 is 11.9 Å². The molecule has 1 fully saturated rings. The number of nitrogens with one attached hydrogen (secondary N) is 1. The molecule has 15 heavy (non-hydrogen) atoms. The van der Waals surface area contributed by atoms with Gasteiger partial charge < -0.3 is 0 Å². The molecule has 0 aromatic heterocycles. The van der Waals surface area contributed by atoms with Gasteiger partial charge in [0.05, 0.1) is 0 Å². The van der Waals surface area contributed by atoms with Crippen molar-refractivity contribution in [2.45, 2.75) is 43.9 Å². The van der Waals surface area contributed by atoms with Crippen molar-refractivity contribution in [3.05, 3.63) is 35.9 Å². The van der Waals surface area contributed by atoms with Crippen LogP contribution in [0, 0.1) is 0 Å². The fourth-order valence-electron chi connectivity index (χ4n) is 2.04. The Morgan fingerprint density at radius 1 is 1.07 bits per heavy atom. The van der Waals surface area contributed by atoms with Gasteiger partial charge in [-0.25, -0.2) is 0 Å². The molecule has 1 aromatic carbocycles. The summed E-state index contributed by atoms with van der Waals surface area (Å²) in [7, 11) is 0. The monoisotopic (exact) mass is 221 g/mol. The van der Waals surface area contributed by atoms with E-state index in [1.807, 2.05) is 11.9 Å². The molecule has 0 bridgehead atoms. The Hall–Kier alpha value is -0.470. The van der Waals surface area contributed by atoms with Gasteiger partial charge in [-0.15, -0.1) is 0 Å². The Labute approximate surface area is 96.8 Å². The average molecular weight is 221 g/mol. The maximum Gasteiger partial charge on any atom is 0.0330 e. The van der Waals surface area contributed by atoms with Crippen molar-refractivity contribution in [3.63, 3.8) is 0 Å². The molecule has 0 unspecified atom stereocenters. The van der Waals surface area contributed by atoms with Crippen molar-refractivity contribution in [2.75, 3.05) is 0 Å². The second-order valence-electron chi connectivity index (χ2n) is 4.23. The van der Waals surface area contributed by atoms with Gasteiger partial charge in [-0.2, -0.15) is 0 Å². The lowest BCUT2D eigenvalue weighted by Crippen LogP contribution is -2.25. The molecule has 0 aliphatic heterocycles. The first-order chi connectivity index (χ1) is 7.45. The van der Waals surface area contributed by atoms with Crippen LogP contribution in [0.4, 0.5) is 0 Å². The maximum absolute atomic E-state index is 3.59. The normalized spacial score (nSPS) is 17.9. The van der Waals surface area contributed by atoms with Crippen LogP contribution in [-0.4, -0.2) is 6.04 Å². The van der Waals surface area contributed by atoms with Crippen LogP contribution in [-0.2, 0) is 5.75 Å². The summed E-state index contributed by atoms with van der Waals surface area (Å²) in [5, 5.41) is 0. The first kappa shape index (κ1) is 11.0. The van der Waals surface area contributed by atoms with Gasteiger partial charge in [0.15, 0.2) is 0 Å². The minimum Gasteiger partial charge on any atom is -0.261 e. The van der Waals surface area contributed by atoms with Gasteiger partial charge in [0.2, 0.25) is 0 Å². The van der Waals surface area contributed by atoms with Crippen LogP contribution in [0.25, 0.3) is 0 Å². The Morgan fingerprint density at radius 2 is 1.80 bits per heavy atom. The van der Waals surface area contributed by atoms with E-state index >= 15 is 0 Å². The van der Waals surface area contributed by atoms with Crippen LogP contribution in [0.15, 0.2) is 30.3 Å². The molecular formula is C13H19NS. The first-order valence-electron chi connectivity index (χ1n) is 5.86. The lowest BCUT2D eigenvalue weighted by Gasteiger charge is -2.22. The highest BCUT2D eigenvalue weighted by Crippen LogP contribution is 2.20. The molecule has 2 rings (SSSR count). The zero-order chi connectivity index (χ0) is 10.3. The standard InChI is InChI=1S/C13H19NS/c1-3-7-12(8-4-1)11-15-14-13-9-5-2-6-10-13/h1,3-4,7-8,13-14H,2,5-6,9-11H2. The highest BCUT2D eigenvalue weighted by atomic mass is 32.2. The number of rotatable bonds is 4. The molecule has 1 nitrogen and oxygen atoms in total. The number of benzene rings is 1. The van der Waals surface area contributed by atoms with E-state index in [0.29, 0.717) is 0 Å². The van der Waals surface area contributed by atoms with Crippen molar-refractivity contribution in [1.29, 1.82) is 0 Å². The number of hydrogen-bond acceptors (Lipinski definition) is 2. The molecular weight excluding hydrogens is 202 g/mol. The summed E-state index contributed by atoms with van der Waals surface area (Å²) in [5.41, 5.74) is 1.41. The van der Waals surface area contributed by atoms with Gasteiger partial charge in [-0.3, -0.25) is 4.72 Å². The predicted octanol–water partition coefficient (Wildman–Crippen LogP) is 3.76. The molecule has 0 atom stereocenters. The molecule has 1 aromatic rings. The van der Waals surface area contributed by atoms with Crippen molar-refractivity contribution in [2.24, 2.45) is 0 Å². The lowest BCUT2D eigenvalue weighted by molar-refractivity contribution is 0.423. The van der Waals surface area contributed by atoms with Crippen LogP contribution in [0.3, 0.4) is 0 Å². The van der Waals surface area contributed by atoms with E-state index in [9.17, 15) is 0 Å². The Bertz CT molecular complexity index is 267. The van der Waals surface area contributed by atoms with Gasteiger partial charge in [0, 0.05) is 11.8 Å².